The average molecular weight is 158 g/mol. The summed E-state index contributed by atoms with van der Waals surface area (Å²) in [6, 6.07) is 0. The smallest absolute Gasteiger partial charge is 0.0462 e. The van der Waals surface area contributed by atoms with Gasteiger partial charge >= 0.3 is 0 Å². The molecule has 0 saturated heterocycles. The summed E-state index contributed by atoms with van der Waals surface area (Å²) in [5.74, 6) is 1.44. The molecule has 0 aromatic rings. The second-order valence-corrected chi connectivity index (χ2v) is 3.80. The maximum atomic E-state index is 9.00. The highest BCUT2D eigenvalue weighted by atomic mass is 16.3. The van der Waals surface area contributed by atoms with E-state index in [4.69, 9.17) is 10.2 Å². The first kappa shape index (κ1) is 9.01. The van der Waals surface area contributed by atoms with Gasteiger partial charge in [-0.15, -0.1) is 0 Å². The largest absolute Gasteiger partial charge is 0.396 e. The van der Waals surface area contributed by atoms with E-state index in [0.717, 1.165) is 18.8 Å². The number of hydrogen-bond donors (Lipinski definition) is 2. The molecule has 0 amide bonds. The summed E-state index contributed by atoms with van der Waals surface area (Å²) in [5, 5.41) is 18.0. The molecule has 0 aromatic heterocycles. The minimum absolute atomic E-state index is 0.246. The summed E-state index contributed by atoms with van der Waals surface area (Å²) in [6.07, 6.45) is 3.38. The van der Waals surface area contributed by atoms with Crippen LogP contribution in [0, 0.1) is 17.8 Å². The van der Waals surface area contributed by atoms with E-state index in [1.165, 1.54) is 6.42 Å². The van der Waals surface area contributed by atoms with Crippen molar-refractivity contribution < 1.29 is 10.2 Å². The molecule has 1 aliphatic rings. The third-order valence-electron chi connectivity index (χ3n) is 2.87. The Morgan fingerprint density at radius 3 is 2.27 bits per heavy atom. The molecule has 2 heteroatoms. The molecule has 0 bridgehead atoms. The molecule has 0 radical (unpaired) electrons. The fraction of sp³-hybridized carbons (Fsp3) is 1.00. The maximum Gasteiger partial charge on any atom is 0.0462 e. The Morgan fingerprint density at radius 2 is 1.73 bits per heavy atom. The van der Waals surface area contributed by atoms with E-state index in [2.05, 4.69) is 6.92 Å². The van der Waals surface area contributed by atoms with E-state index in [-0.39, 0.29) is 13.2 Å². The SMILES string of the molecule is C[C@H]1CC[C@@H](CO)[C@@H](CO)C1. The van der Waals surface area contributed by atoms with Crippen molar-refractivity contribution in [2.24, 2.45) is 17.8 Å². The maximum absolute atomic E-state index is 9.00. The van der Waals surface area contributed by atoms with Crippen LogP contribution in [-0.2, 0) is 0 Å². The molecule has 0 spiro atoms. The van der Waals surface area contributed by atoms with Gasteiger partial charge in [0.2, 0.25) is 0 Å². The molecule has 0 heterocycles. The first-order chi connectivity index (χ1) is 5.27. The molecule has 0 aromatic carbocycles. The summed E-state index contributed by atoms with van der Waals surface area (Å²) in [6.45, 7) is 2.71. The van der Waals surface area contributed by atoms with Crippen LogP contribution in [0.15, 0.2) is 0 Å². The van der Waals surface area contributed by atoms with E-state index in [1.54, 1.807) is 0 Å². The van der Waals surface area contributed by atoms with Crippen LogP contribution in [0.1, 0.15) is 26.2 Å². The monoisotopic (exact) mass is 158 g/mol. The topological polar surface area (TPSA) is 40.5 Å². The fourth-order valence-electron chi connectivity index (χ4n) is 2.03. The normalized spacial score (nSPS) is 39.0. The summed E-state index contributed by atoms with van der Waals surface area (Å²) < 4.78 is 0. The van der Waals surface area contributed by atoms with Crippen molar-refractivity contribution in [3.05, 3.63) is 0 Å². The van der Waals surface area contributed by atoms with Gasteiger partial charge in [-0.25, -0.2) is 0 Å². The molecule has 1 aliphatic carbocycles. The highest BCUT2D eigenvalue weighted by Gasteiger charge is 2.27. The van der Waals surface area contributed by atoms with Gasteiger partial charge in [0.25, 0.3) is 0 Å². The van der Waals surface area contributed by atoms with Crippen LogP contribution in [0.25, 0.3) is 0 Å². The first-order valence-electron chi connectivity index (χ1n) is 4.49. The van der Waals surface area contributed by atoms with Crippen LogP contribution in [0.5, 0.6) is 0 Å². The van der Waals surface area contributed by atoms with E-state index in [1.807, 2.05) is 0 Å². The number of aliphatic hydroxyl groups excluding tert-OH is 2. The van der Waals surface area contributed by atoms with E-state index in [9.17, 15) is 0 Å². The van der Waals surface area contributed by atoms with E-state index >= 15 is 0 Å². The quantitative estimate of drug-likeness (QED) is 0.630. The van der Waals surface area contributed by atoms with Crippen LogP contribution >= 0.6 is 0 Å². The van der Waals surface area contributed by atoms with Crippen molar-refractivity contribution in [3.63, 3.8) is 0 Å². The van der Waals surface area contributed by atoms with E-state index < -0.39 is 0 Å². The highest BCUT2D eigenvalue weighted by Crippen LogP contribution is 2.32. The lowest BCUT2D eigenvalue weighted by Gasteiger charge is -2.32. The van der Waals surface area contributed by atoms with Crippen molar-refractivity contribution in [2.75, 3.05) is 13.2 Å². The van der Waals surface area contributed by atoms with Gasteiger partial charge in [-0.3, -0.25) is 0 Å². The minimum Gasteiger partial charge on any atom is -0.396 e. The molecule has 2 nitrogen and oxygen atoms in total. The molecule has 3 atom stereocenters. The third-order valence-corrected chi connectivity index (χ3v) is 2.87. The van der Waals surface area contributed by atoms with Gasteiger partial charge in [0, 0.05) is 13.2 Å². The van der Waals surface area contributed by atoms with Gasteiger partial charge < -0.3 is 10.2 Å². The predicted octanol–water partition coefficient (Wildman–Crippen LogP) is 1.02. The fourth-order valence-corrected chi connectivity index (χ4v) is 2.03. The Kier molecular flexibility index (Phi) is 3.34. The molecule has 11 heavy (non-hydrogen) atoms. The molecule has 1 fully saturated rings. The Bertz CT molecular complexity index is 114. The van der Waals surface area contributed by atoms with Gasteiger partial charge in [0.15, 0.2) is 0 Å². The van der Waals surface area contributed by atoms with Crippen LogP contribution in [-0.4, -0.2) is 23.4 Å². The molecule has 2 N–H and O–H groups in total. The molecule has 1 saturated carbocycles. The van der Waals surface area contributed by atoms with Crippen LogP contribution in [0.4, 0.5) is 0 Å². The lowest BCUT2D eigenvalue weighted by molar-refractivity contribution is 0.0686. The van der Waals surface area contributed by atoms with Gasteiger partial charge in [-0.2, -0.15) is 0 Å². The van der Waals surface area contributed by atoms with Crippen LogP contribution in [0.3, 0.4) is 0 Å². The molecule has 0 unspecified atom stereocenters. The molecule has 1 rings (SSSR count). The van der Waals surface area contributed by atoms with Crippen molar-refractivity contribution >= 4 is 0 Å². The molecule has 66 valence electrons. The zero-order valence-electron chi connectivity index (χ0n) is 7.16. The van der Waals surface area contributed by atoms with Crippen molar-refractivity contribution in [1.82, 2.24) is 0 Å². The highest BCUT2D eigenvalue weighted by molar-refractivity contribution is 4.77. The first-order valence-corrected chi connectivity index (χ1v) is 4.49. The lowest BCUT2D eigenvalue weighted by Crippen LogP contribution is -2.28. The average Bonchev–Trinajstić information content (AvgIpc) is 2.04. The van der Waals surface area contributed by atoms with Crippen molar-refractivity contribution in [2.45, 2.75) is 26.2 Å². The number of rotatable bonds is 2. The Labute approximate surface area is 68.2 Å². The Hall–Kier alpha value is -0.0800. The standard InChI is InChI=1S/C9H18O2/c1-7-2-3-8(5-10)9(4-7)6-11/h7-11H,2-6H2,1H3/t7-,8-,9+/m0/s1. The summed E-state index contributed by atoms with van der Waals surface area (Å²) >= 11 is 0. The zero-order valence-corrected chi connectivity index (χ0v) is 7.16. The zero-order chi connectivity index (χ0) is 8.27. The van der Waals surface area contributed by atoms with Crippen molar-refractivity contribution in [1.29, 1.82) is 0 Å². The minimum atomic E-state index is 0.246. The van der Waals surface area contributed by atoms with Gasteiger partial charge in [-0.05, 0) is 30.6 Å². The van der Waals surface area contributed by atoms with Crippen LogP contribution < -0.4 is 0 Å². The molecular formula is C9H18O2. The van der Waals surface area contributed by atoms with Gasteiger partial charge in [-0.1, -0.05) is 13.3 Å². The second-order valence-electron chi connectivity index (χ2n) is 3.80. The molecular weight excluding hydrogens is 140 g/mol. The summed E-state index contributed by atoms with van der Waals surface area (Å²) in [4.78, 5) is 0. The van der Waals surface area contributed by atoms with Crippen molar-refractivity contribution in [3.8, 4) is 0 Å². The predicted molar refractivity (Wildman–Crippen MR) is 44.2 cm³/mol. The Balaban J connectivity index is 2.41. The summed E-state index contributed by atoms with van der Waals surface area (Å²) in [7, 11) is 0. The Morgan fingerprint density at radius 1 is 1.09 bits per heavy atom. The lowest BCUT2D eigenvalue weighted by atomic mass is 9.75. The van der Waals surface area contributed by atoms with Gasteiger partial charge in [0.1, 0.15) is 0 Å². The third kappa shape index (κ3) is 2.17. The molecule has 0 aliphatic heterocycles. The number of aliphatic hydroxyl groups is 2. The van der Waals surface area contributed by atoms with Crippen LogP contribution in [0.2, 0.25) is 0 Å². The summed E-state index contributed by atoms with van der Waals surface area (Å²) in [5.41, 5.74) is 0. The van der Waals surface area contributed by atoms with Gasteiger partial charge in [0.05, 0.1) is 0 Å². The second kappa shape index (κ2) is 4.07. The number of hydrogen-bond acceptors (Lipinski definition) is 2. The van der Waals surface area contributed by atoms with E-state index in [0.29, 0.717) is 11.8 Å².